The number of rotatable bonds is 7. The summed E-state index contributed by atoms with van der Waals surface area (Å²) < 4.78 is 45.1. The average molecular weight is 323 g/mol. The van der Waals surface area contributed by atoms with Gasteiger partial charge in [-0.2, -0.15) is 13.2 Å². The topological polar surface area (TPSA) is 21.3 Å². The summed E-state index contributed by atoms with van der Waals surface area (Å²) in [5, 5.41) is 3.10. The Morgan fingerprint density at radius 1 is 1.00 bits per heavy atom. The molecule has 2 nitrogen and oxygen atoms in total. The van der Waals surface area contributed by atoms with E-state index in [9.17, 15) is 13.2 Å². The molecule has 0 unspecified atom stereocenters. The van der Waals surface area contributed by atoms with Gasteiger partial charge < -0.3 is 10.1 Å². The van der Waals surface area contributed by atoms with Crippen molar-refractivity contribution in [3.8, 4) is 5.75 Å². The lowest BCUT2D eigenvalue weighted by molar-refractivity contribution is -0.139. The van der Waals surface area contributed by atoms with Crippen LogP contribution in [0.15, 0.2) is 48.5 Å². The number of ether oxygens (including phenoxy) is 1. The second-order valence-electron chi connectivity index (χ2n) is 5.28. The van der Waals surface area contributed by atoms with Gasteiger partial charge in [-0.25, -0.2) is 0 Å². The molecular formula is C18H20F3NO. The number of nitrogens with one attached hydrogen (secondary N) is 1. The maximum absolute atomic E-state index is 13.2. The molecule has 2 rings (SSSR count). The SMILES string of the molecule is CCCNCc1ccc(OCc2ccccc2)c(C(F)(F)F)c1. The van der Waals surface area contributed by atoms with Crippen molar-refractivity contribution in [3.63, 3.8) is 0 Å². The molecule has 0 aliphatic heterocycles. The van der Waals surface area contributed by atoms with E-state index >= 15 is 0 Å². The maximum atomic E-state index is 13.2. The van der Waals surface area contributed by atoms with E-state index in [-0.39, 0.29) is 12.4 Å². The molecule has 2 aromatic carbocycles. The molecule has 0 fully saturated rings. The molecule has 0 bridgehead atoms. The highest BCUT2D eigenvalue weighted by atomic mass is 19.4. The number of benzene rings is 2. The van der Waals surface area contributed by atoms with E-state index in [1.54, 1.807) is 6.07 Å². The molecule has 0 aromatic heterocycles. The fourth-order valence-corrected chi connectivity index (χ4v) is 2.18. The van der Waals surface area contributed by atoms with Gasteiger partial charge in [0.2, 0.25) is 0 Å². The van der Waals surface area contributed by atoms with Crippen molar-refractivity contribution >= 4 is 0 Å². The van der Waals surface area contributed by atoms with Gasteiger partial charge in [-0.15, -0.1) is 0 Å². The molecule has 5 heteroatoms. The average Bonchev–Trinajstić information content (AvgIpc) is 2.54. The minimum Gasteiger partial charge on any atom is -0.488 e. The summed E-state index contributed by atoms with van der Waals surface area (Å²) in [7, 11) is 0. The predicted octanol–water partition coefficient (Wildman–Crippen LogP) is 4.78. The van der Waals surface area contributed by atoms with Crippen LogP contribution in [0.3, 0.4) is 0 Å². The van der Waals surface area contributed by atoms with Crippen LogP contribution in [0.4, 0.5) is 13.2 Å². The summed E-state index contributed by atoms with van der Waals surface area (Å²) in [6.45, 7) is 3.30. The zero-order valence-electron chi connectivity index (χ0n) is 13.0. The van der Waals surface area contributed by atoms with Crippen LogP contribution in [0.25, 0.3) is 0 Å². The largest absolute Gasteiger partial charge is 0.488 e. The van der Waals surface area contributed by atoms with Crippen LogP contribution < -0.4 is 10.1 Å². The summed E-state index contributed by atoms with van der Waals surface area (Å²) >= 11 is 0. The van der Waals surface area contributed by atoms with Crippen LogP contribution in [-0.2, 0) is 19.3 Å². The van der Waals surface area contributed by atoms with Gasteiger partial charge >= 0.3 is 6.18 Å². The minimum absolute atomic E-state index is 0.108. The van der Waals surface area contributed by atoms with Crippen molar-refractivity contribution < 1.29 is 17.9 Å². The first kappa shape index (κ1) is 17.3. The number of hydrogen-bond donors (Lipinski definition) is 1. The Labute approximate surface area is 134 Å². The first-order valence-corrected chi connectivity index (χ1v) is 7.58. The van der Waals surface area contributed by atoms with E-state index in [0.717, 1.165) is 24.6 Å². The van der Waals surface area contributed by atoms with E-state index < -0.39 is 11.7 Å². The molecular weight excluding hydrogens is 303 g/mol. The van der Waals surface area contributed by atoms with Gasteiger partial charge in [0.15, 0.2) is 0 Å². The highest BCUT2D eigenvalue weighted by Crippen LogP contribution is 2.37. The van der Waals surface area contributed by atoms with Crippen LogP contribution in [0.1, 0.15) is 30.0 Å². The molecule has 0 saturated heterocycles. The van der Waals surface area contributed by atoms with Gasteiger partial charge in [0.05, 0.1) is 5.56 Å². The van der Waals surface area contributed by atoms with Crippen LogP contribution >= 0.6 is 0 Å². The highest BCUT2D eigenvalue weighted by Gasteiger charge is 2.34. The molecule has 0 saturated carbocycles. The third-order valence-corrected chi connectivity index (χ3v) is 3.34. The van der Waals surface area contributed by atoms with Gasteiger partial charge in [-0.1, -0.05) is 43.3 Å². The Kier molecular flexibility index (Phi) is 6.04. The Bertz CT molecular complexity index is 611. The summed E-state index contributed by atoms with van der Waals surface area (Å²) in [5.41, 5.74) is 0.691. The molecule has 0 aliphatic rings. The molecule has 2 aromatic rings. The molecule has 0 atom stereocenters. The Balaban J connectivity index is 2.14. The lowest BCUT2D eigenvalue weighted by Crippen LogP contribution is -2.15. The summed E-state index contributed by atoms with van der Waals surface area (Å²) in [4.78, 5) is 0. The van der Waals surface area contributed by atoms with Gasteiger partial charge in [0.1, 0.15) is 12.4 Å². The Morgan fingerprint density at radius 3 is 2.39 bits per heavy atom. The molecule has 23 heavy (non-hydrogen) atoms. The van der Waals surface area contributed by atoms with Crippen molar-refractivity contribution in [1.29, 1.82) is 0 Å². The third kappa shape index (κ3) is 5.28. The fourth-order valence-electron chi connectivity index (χ4n) is 2.18. The molecule has 1 N–H and O–H groups in total. The van der Waals surface area contributed by atoms with Crippen LogP contribution in [0.5, 0.6) is 5.75 Å². The summed E-state index contributed by atoms with van der Waals surface area (Å²) in [6, 6.07) is 13.4. The molecule has 124 valence electrons. The third-order valence-electron chi connectivity index (χ3n) is 3.34. The standard InChI is InChI=1S/C18H20F3NO/c1-2-10-22-12-15-8-9-17(16(11-15)18(19,20)21)23-13-14-6-4-3-5-7-14/h3-9,11,22H,2,10,12-13H2,1H3. The second kappa shape index (κ2) is 8.02. The highest BCUT2D eigenvalue weighted by molar-refractivity contribution is 5.39. The van der Waals surface area contributed by atoms with Gasteiger partial charge in [-0.3, -0.25) is 0 Å². The monoisotopic (exact) mass is 323 g/mol. The first-order valence-electron chi connectivity index (χ1n) is 7.58. The van der Waals surface area contributed by atoms with Gasteiger partial charge in [-0.05, 0) is 36.2 Å². The van der Waals surface area contributed by atoms with E-state index in [2.05, 4.69) is 5.32 Å². The lowest BCUT2D eigenvalue weighted by Gasteiger charge is -2.16. The molecule has 0 spiro atoms. The van der Waals surface area contributed by atoms with Crippen LogP contribution in [0.2, 0.25) is 0 Å². The van der Waals surface area contributed by atoms with E-state index in [1.165, 1.54) is 6.07 Å². The minimum atomic E-state index is -4.44. The van der Waals surface area contributed by atoms with Gasteiger partial charge in [0, 0.05) is 6.54 Å². The Hall–Kier alpha value is -2.01. The van der Waals surface area contributed by atoms with E-state index in [1.807, 2.05) is 37.3 Å². The number of alkyl halides is 3. The summed E-state index contributed by atoms with van der Waals surface area (Å²) in [5.74, 6) is -0.138. The summed E-state index contributed by atoms with van der Waals surface area (Å²) in [6.07, 6.45) is -3.50. The second-order valence-corrected chi connectivity index (χ2v) is 5.28. The normalized spacial score (nSPS) is 11.5. The van der Waals surface area contributed by atoms with E-state index in [0.29, 0.717) is 12.1 Å². The predicted molar refractivity (Wildman–Crippen MR) is 84.2 cm³/mol. The van der Waals surface area contributed by atoms with Crippen molar-refractivity contribution in [2.45, 2.75) is 32.7 Å². The smallest absolute Gasteiger partial charge is 0.419 e. The van der Waals surface area contributed by atoms with Gasteiger partial charge in [0.25, 0.3) is 0 Å². The lowest BCUT2D eigenvalue weighted by atomic mass is 10.1. The zero-order valence-corrected chi connectivity index (χ0v) is 13.0. The Morgan fingerprint density at radius 2 is 1.74 bits per heavy atom. The molecule has 0 radical (unpaired) electrons. The van der Waals surface area contributed by atoms with Crippen molar-refractivity contribution in [1.82, 2.24) is 5.32 Å². The van der Waals surface area contributed by atoms with E-state index in [4.69, 9.17) is 4.74 Å². The zero-order chi connectivity index (χ0) is 16.7. The molecule has 0 aliphatic carbocycles. The quantitative estimate of drug-likeness (QED) is 0.740. The number of halogens is 3. The fraction of sp³-hybridized carbons (Fsp3) is 0.333. The molecule has 0 amide bonds. The first-order chi connectivity index (χ1) is 11.0. The number of hydrogen-bond acceptors (Lipinski definition) is 2. The van der Waals surface area contributed by atoms with Crippen LogP contribution in [0, 0.1) is 0 Å². The molecule has 0 heterocycles. The van der Waals surface area contributed by atoms with Crippen molar-refractivity contribution in [2.24, 2.45) is 0 Å². The maximum Gasteiger partial charge on any atom is 0.419 e. The van der Waals surface area contributed by atoms with Crippen molar-refractivity contribution in [3.05, 3.63) is 65.2 Å². The van der Waals surface area contributed by atoms with Crippen LogP contribution in [-0.4, -0.2) is 6.54 Å². The van der Waals surface area contributed by atoms with Crippen molar-refractivity contribution in [2.75, 3.05) is 6.54 Å².